The molecule has 0 N–H and O–H groups in total. The lowest BCUT2D eigenvalue weighted by Gasteiger charge is -2.22. The van der Waals surface area contributed by atoms with Crippen molar-refractivity contribution in [1.29, 1.82) is 0 Å². The van der Waals surface area contributed by atoms with Gasteiger partial charge in [-0.05, 0) is 90.1 Å². The molecule has 0 radical (unpaired) electrons. The van der Waals surface area contributed by atoms with Gasteiger partial charge in [-0.2, -0.15) is 0 Å². The highest BCUT2D eigenvalue weighted by atomic mass is 32.2. The third kappa shape index (κ3) is 4.82. The lowest BCUT2D eigenvalue weighted by Crippen LogP contribution is -2.11. The largest absolute Gasteiger partial charge is 0.290 e. The van der Waals surface area contributed by atoms with Crippen molar-refractivity contribution >= 4 is 11.8 Å². The van der Waals surface area contributed by atoms with E-state index in [1.54, 1.807) is 0 Å². The summed E-state index contributed by atoms with van der Waals surface area (Å²) >= 11 is 1.93. The van der Waals surface area contributed by atoms with Gasteiger partial charge in [-0.3, -0.25) is 9.78 Å². The van der Waals surface area contributed by atoms with Crippen LogP contribution in [0, 0.1) is 0 Å². The summed E-state index contributed by atoms with van der Waals surface area (Å²) in [4.78, 5) is 13.2. The van der Waals surface area contributed by atoms with E-state index in [1.807, 2.05) is 23.9 Å². The van der Waals surface area contributed by atoms with Crippen LogP contribution in [0.4, 0.5) is 0 Å². The van der Waals surface area contributed by atoms with Crippen LogP contribution in [-0.4, -0.2) is 6.26 Å². The Hall–Kier alpha value is -1.61. The zero-order valence-electron chi connectivity index (χ0n) is 19.0. The van der Waals surface area contributed by atoms with Crippen molar-refractivity contribution in [1.82, 2.24) is 0 Å². The molecule has 2 aromatic rings. The van der Waals surface area contributed by atoms with Crippen LogP contribution in [0.5, 0.6) is 11.5 Å². The molecule has 2 saturated carbocycles. The molecule has 2 aromatic carbocycles. The zero-order valence-corrected chi connectivity index (χ0v) is 19.8. The molecule has 30 heavy (non-hydrogen) atoms. The maximum Gasteiger partial charge on any atom is 0.179 e. The Labute approximate surface area is 186 Å². The Bertz CT molecular complexity index is 801. The van der Waals surface area contributed by atoms with Crippen molar-refractivity contribution in [3.05, 3.63) is 53.1 Å². The summed E-state index contributed by atoms with van der Waals surface area (Å²) in [7, 11) is 0. The van der Waals surface area contributed by atoms with Gasteiger partial charge in [-0.1, -0.05) is 58.6 Å². The molecule has 0 amide bonds. The Kier molecular flexibility index (Phi) is 6.67. The topological polar surface area (TPSA) is 18.5 Å². The molecule has 2 aliphatic carbocycles. The summed E-state index contributed by atoms with van der Waals surface area (Å²) < 4.78 is 0. The molecule has 0 saturated heterocycles. The second kappa shape index (κ2) is 9.26. The van der Waals surface area contributed by atoms with Crippen molar-refractivity contribution < 1.29 is 9.78 Å². The van der Waals surface area contributed by atoms with Gasteiger partial charge in [0.1, 0.15) is 0 Å². The number of hydrogen-bond donors (Lipinski definition) is 0. The van der Waals surface area contributed by atoms with E-state index in [2.05, 4.69) is 51.3 Å². The molecule has 0 atom stereocenters. The summed E-state index contributed by atoms with van der Waals surface area (Å²) in [5.74, 6) is 2.95. The van der Waals surface area contributed by atoms with Crippen LogP contribution in [0.2, 0.25) is 0 Å². The molecule has 3 heteroatoms. The molecule has 2 nitrogen and oxygen atoms in total. The summed E-state index contributed by atoms with van der Waals surface area (Å²) in [5, 5.41) is 0. The van der Waals surface area contributed by atoms with Crippen LogP contribution in [0.15, 0.2) is 41.3 Å². The van der Waals surface area contributed by atoms with Crippen LogP contribution in [0.3, 0.4) is 0 Å². The Morgan fingerprint density at radius 2 is 1.20 bits per heavy atom. The van der Waals surface area contributed by atoms with Crippen molar-refractivity contribution in [3.63, 3.8) is 0 Å². The van der Waals surface area contributed by atoms with E-state index in [-0.39, 0.29) is 5.41 Å². The molecule has 0 unspecified atom stereocenters. The maximum atomic E-state index is 5.91. The minimum Gasteiger partial charge on any atom is -0.290 e. The quantitative estimate of drug-likeness (QED) is 0.263. The van der Waals surface area contributed by atoms with E-state index in [0.29, 0.717) is 11.8 Å². The lowest BCUT2D eigenvalue weighted by molar-refractivity contribution is -0.100. The maximum absolute atomic E-state index is 5.91. The molecule has 162 valence electrons. The number of thioether (sulfide) groups is 1. The average molecular weight is 425 g/mol. The summed E-state index contributed by atoms with van der Waals surface area (Å²) in [5.41, 5.74) is 4.42. The van der Waals surface area contributed by atoms with Gasteiger partial charge in [0, 0.05) is 4.90 Å². The Balaban J connectivity index is 1.59. The highest BCUT2D eigenvalue weighted by Crippen LogP contribution is 2.46. The average Bonchev–Trinajstić information content (AvgIpc) is 3.45. The van der Waals surface area contributed by atoms with Gasteiger partial charge >= 0.3 is 0 Å². The van der Waals surface area contributed by atoms with Gasteiger partial charge in [-0.25, -0.2) is 0 Å². The van der Waals surface area contributed by atoms with Crippen LogP contribution in [0.25, 0.3) is 0 Å². The molecule has 0 bridgehead atoms. The monoisotopic (exact) mass is 424 g/mol. The van der Waals surface area contributed by atoms with Gasteiger partial charge in [0.05, 0.1) is 0 Å². The summed E-state index contributed by atoms with van der Waals surface area (Å²) in [6.07, 6.45) is 12.8. The fourth-order valence-corrected chi connectivity index (χ4v) is 6.04. The predicted octanol–water partition coefficient (Wildman–Crippen LogP) is 8.39. The molecule has 4 rings (SSSR count). The van der Waals surface area contributed by atoms with Crippen molar-refractivity contribution in [2.45, 2.75) is 94.3 Å². The Morgan fingerprint density at radius 1 is 0.733 bits per heavy atom. The van der Waals surface area contributed by atoms with Crippen LogP contribution >= 0.6 is 11.8 Å². The third-order valence-electron chi connectivity index (χ3n) is 6.87. The third-order valence-corrected chi connectivity index (χ3v) is 7.75. The molecule has 2 aliphatic rings. The molecule has 0 aliphatic heterocycles. The highest BCUT2D eigenvalue weighted by molar-refractivity contribution is 7.98. The predicted molar refractivity (Wildman–Crippen MR) is 127 cm³/mol. The highest BCUT2D eigenvalue weighted by Gasteiger charge is 2.27. The second-order valence-electron chi connectivity index (χ2n) is 10.0. The first-order chi connectivity index (χ1) is 14.5. The SMILES string of the molecule is CSc1c(C2CCCC2)cc(OOc2ccc(C(C)(C)C)cc2)cc1C1CCCC1. The minimum absolute atomic E-state index is 0.138. The summed E-state index contributed by atoms with van der Waals surface area (Å²) in [6, 6.07) is 12.8. The van der Waals surface area contributed by atoms with E-state index in [9.17, 15) is 0 Å². The van der Waals surface area contributed by atoms with Crippen molar-refractivity contribution in [3.8, 4) is 11.5 Å². The first-order valence-electron chi connectivity index (χ1n) is 11.6. The normalized spacial score (nSPS) is 18.1. The van der Waals surface area contributed by atoms with Crippen molar-refractivity contribution in [2.75, 3.05) is 6.26 Å². The van der Waals surface area contributed by atoms with Gasteiger partial charge in [0.15, 0.2) is 11.5 Å². The van der Waals surface area contributed by atoms with Crippen LogP contribution < -0.4 is 9.78 Å². The molecule has 0 heterocycles. The smallest absolute Gasteiger partial charge is 0.179 e. The standard InChI is InChI=1S/C27H36O2S/c1-27(2,3)21-13-15-22(16-14-21)28-29-23-17-24(19-9-5-6-10-19)26(30-4)25(18-23)20-11-7-8-12-20/h13-20H,5-12H2,1-4H3. The van der Waals surface area contributed by atoms with E-state index < -0.39 is 0 Å². The molecule has 0 aromatic heterocycles. The zero-order chi connectivity index (χ0) is 21.1. The number of hydrogen-bond acceptors (Lipinski definition) is 3. The number of benzene rings is 2. The Morgan fingerprint density at radius 3 is 1.63 bits per heavy atom. The van der Waals surface area contributed by atoms with E-state index in [0.717, 1.165) is 11.5 Å². The van der Waals surface area contributed by atoms with Crippen LogP contribution in [0.1, 0.15) is 101 Å². The van der Waals surface area contributed by atoms with Crippen molar-refractivity contribution in [2.24, 2.45) is 0 Å². The summed E-state index contributed by atoms with van der Waals surface area (Å²) in [6.45, 7) is 6.67. The first-order valence-corrected chi connectivity index (χ1v) is 12.8. The van der Waals surface area contributed by atoms with Gasteiger partial charge in [-0.15, -0.1) is 11.8 Å². The van der Waals surface area contributed by atoms with Gasteiger partial charge < -0.3 is 0 Å². The van der Waals surface area contributed by atoms with E-state index in [1.165, 1.54) is 73.0 Å². The van der Waals surface area contributed by atoms with E-state index in [4.69, 9.17) is 9.78 Å². The molecule has 2 fully saturated rings. The molecular weight excluding hydrogens is 388 g/mol. The van der Waals surface area contributed by atoms with E-state index >= 15 is 0 Å². The van der Waals surface area contributed by atoms with Gasteiger partial charge in [0.2, 0.25) is 0 Å². The molecule has 0 spiro atoms. The molecular formula is C27H36O2S. The number of rotatable bonds is 6. The van der Waals surface area contributed by atoms with Gasteiger partial charge in [0.25, 0.3) is 0 Å². The second-order valence-corrected chi connectivity index (χ2v) is 10.9. The first kappa shape index (κ1) is 21.6. The van der Waals surface area contributed by atoms with Crippen LogP contribution in [-0.2, 0) is 5.41 Å². The fraction of sp³-hybridized carbons (Fsp3) is 0.556. The fourth-order valence-electron chi connectivity index (χ4n) is 5.12. The minimum atomic E-state index is 0.138. The lowest BCUT2D eigenvalue weighted by atomic mass is 9.87.